The smallest absolute Gasteiger partial charge is 0.290 e. The molecule has 1 aliphatic rings. The summed E-state index contributed by atoms with van der Waals surface area (Å²) in [4.78, 5) is 27.5. The minimum Gasteiger partial charge on any atom is -0.450 e. The van der Waals surface area contributed by atoms with Crippen LogP contribution < -0.4 is 5.43 Å². The van der Waals surface area contributed by atoms with Crippen LogP contribution in [0.3, 0.4) is 0 Å². The second-order valence-corrected chi connectivity index (χ2v) is 6.39. The quantitative estimate of drug-likeness (QED) is 0.786. The summed E-state index contributed by atoms with van der Waals surface area (Å²) in [5, 5.41) is 9.88. The van der Waals surface area contributed by atoms with Gasteiger partial charge in [-0.25, -0.2) is 0 Å². The van der Waals surface area contributed by atoms with Crippen LogP contribution in [0.2, 0.25) is 0 Å². The van der Waals surface area contributed by atoms with Gasteiger partial charge in [0.2, 0.25) is 5.76 Å². The second kappa shape index (κ2) is 6.42. The number of carbonyl (C=O) groups is 1. The van der Waals surface area contributed by atoms with Crippen molar-refractivity contribution in [2.24, 2.45) is 0 Å². The first-order valence-corrected chi connectivity index (χ1v) is 8.72. The normalized spacial score (nSPS) is 16.3. The Morgan fingerprint density at radius 2 is 1.81 bits per heavy atom. The van der Waals surface area contributed by atoms with E-state index in [2.05, 4.69) is 6.92 Å². The number of fused-ring (bicyclic) bond motifs is 2. The van der Waals surface area contributed by atoms with Crippen LogP contribution in [-0.2, 0) is 6.42 Å². The molecule has 0 radical (unpaired) electrons. The van der Waals surface area contributed by atoms with Gasteiger partial charge in [-0.05, 0) is 29.7 Å². The number of para-hydroxylation sites is 1. The zero-order chi connectivity index (χ0) is 18.3. The van der Waals surface area contributed by atoms with Crippen molar-refractivity contribution >= 4 is 16.9 Å². The van der Waals surface area contributed by atoms with E-state index >= 15 is 0 Å². The summed E-state index contributed by atoms with van der Waals surface area (Å²) in [7, 11) is 0. The lowest BCUT2D eigenvalue weighted by Gasteiger charge is -2.24. The fourth-order valence-corrected chi connectivity index (χ4v) is 3.59. The lowest BCUT2D eigenvalue weighted by Crippen LogP contribution is -2.32. The molecule has 5 heteroatoms. The minimum absolute atomic E-state index is 0.0757. The summed E-state index contributed by atoms with van der Waals surface area (Å²) in [5.41, 5.74) is 2.57. The van der Waals surface area contributed by atoms with Gasteiger partial charge < -0.3 is 14.4 Å². The summed E-state index contributed by atoms with van der Waals surface area (Å²) < 4.78 is 5.80. The number of nitrogens with zero attached hydrogens (tertiary/aromatic N) is 1. The first-order chi connectivity index (χ1) is 12.7. The summed E-state index contributed by atoms with van der Waals surface area (Å²) in [6.45, 7) is 2.03. The third-order valence-corrected chi connectivity index (χ3v) is 4.92. The molecule has 1 atom stereocenters. The van der Waals surface area contributed by atoms with Crippen LogP contribution in [0.5, 0.6) is 0 Å². The molecule has 132 valence electrons. The Morgan fingerprint density at radius 1 is 1.08 bits per heavy atom. The maximum absolute atomic E-state index is 13.1. The van der Waals surface area contributed by atoms with E-state index < -0.39 is 6.04 Å². The van der Waals surface area contributed by atoms with Crippen LogP contribution in [0, 0.1) is 0 Å². The molecule has 26 heavy (non-hydrogen) atoms. The molecule has 3 aromatic rings. The van der Waals surface area contributed by atoms with Gasteiger partial charge in [-0.2, -0.15) is 0 Å². The second-order valence-electron chi connectivity index (χ2n) is 6.39. The first-order valence-electron chi connectivity index (χ1n) is 8.72. The van der Waals surface area contributed by atoms with Gasteiger partial charge in [0.1, 0.15) is 5.58 Å². The molecule has 1 N–H and O–H groups in total. The van der Waals surface area contributed by atoms with Crippen LogP contribution in [0.25, 0.3) is 11.0 Å². The molecule has 1 unspecified atom stereocenters. The van der Waals surface area contributed by atoms with Crippen LogP contribution >= 0.6 is 0 Å². The fraction of sp³-hybridized carbons (Fsp3) is 0.238. The van der Waals surface area contributed by atoms with Crippen LogP contribution in [0.4, 0.5) is 0 Å². The van der Waals surface area contributed by atoms with Crippen molar-refractivity contribution in [1.29, 1.82) is 0 Å². The molecule has 0 fully saturated rings. The van der Waals surface area contributed by atoms with Crippen molar-refractivity contribution < 1.29 is 14.3 Å². The standard InChI is InChI=1S/C21H19NO4/c1-2-13-7-9-14(10-8-13)18-17-19(24)15-5-3-4-6-16(15)26-20(17)21(25)22(18)11-12-23/h3-10,18,23H,2,11-12H2,1H3. The third-order valence-electron chi connectivity index (χ3n) is 4.92. The number of rotatable bonds is 4. The Kier molecular flexibility index (Phi) is 4.09. The molecule has 0 aliphatic carbocycles. The predicted molar refractivity (Wildman–Crippen MR) is 98.3 cm³/mol. The maximum atomic E-state index is 13.1. The van der Waals surface area contributed by atoms with Crippen LogP contribution in [-0.4, -0.2) is 29.1 Å². The summed E-state index contributed by atoms with van der Waals surface area (Å²) in [6, 6.07) is 14.3. The molecule has 2 aromatic carbocycles. The summed E-state index contributed by atoms with van der Waals surface area (Å²) >= 11 is 0. The van der Waals surface area contributed by atoms with E-state index in [1.54, 1.807) is 24.3 Å². The van der Waals surface area contributed by atoms with Gasteiger partial charge in [-0.3, -0.25) is 9.59 Å². The summed E-state index contributed by atoms with van der Waals surface area (Å²) in [6.07, 6.45) is 0.910. The molecule has 4 rings (SSSR count). The minimum atomic E-state index is -0.545. The zero-order valence-electron chi connectivity index (χ0n) is 14.4. The number of hydrogen-bond acceptors (Lipinski definition) is 4. The zero-order valence-corrected chi connectivity index (χ0v) is 14.4. The van der Waals surface area contributed by atoms with Gasteiger partial charge in [0.05, 0.1) is 23.6 Å². The van der Waals surface area contributed by atoms with E-state index in [4.69, 9.17) is 4.42 Å². The van der Waals surface area contributed by atoms with Crippen molar-refractivity contribution in [1.82, 2.24) is 4.90 Å². The molecule has 5 nitrogen and oxygen atoms in total. The molecule has 2 heterocycles. The Hall–Kier alpha value is -2.92. The highest BCUT2D eigenvalue weighted by atomic mass is 16.3. The van der Waals surface area contributed by atoms with E-state index in [-0.39, 0.29) is 30.2 Å². The topological polar surface area (TPSA) is 70.8 Å². The average molecular weight is 349 g/mol. The van der Waals surface area contributed by atoms with Crippen LogP contribution in [0.1, 0.15) is 40.2 Å². The van der Waals surface area contributed by atoms with Gasteiger partial charge in [-0.15, -0.1) is 0 Å². The number of β-amino-alcohol motifs (C(OH)–C–C–N with tert-alkyl or cyclic N) is 1. The molecule has 0 spiro atoms. The van der Waals surface area contributed by atoms with E-state index in [1.807, 2.05) is 24.3 Å². The van der Waals surface area contributed by atoms with Crippen LogP contribution in [0.15, 0.2) is 57.7 Å². The van der Waals surface area contributed by atoms with Gasteiger partial charge in [0, 0.05) is 6.54 Å². The molecule has 1 amide bonds. The van der Waals surface area contributed by atoms with Gasteiger partial charge in [-0.1, -0.05) is 43.3 Å². The number of aliphatic hydroxyl groups is 1. The molecule has 0 saturated carbocycles. The van der Waals surface area contributed by atoms with Gasteiger partial charge >= 0.3 is 0 Å². The number of amides is 1. The first kappa shape index (κ1) is 16.5. The SMILES string of the molecule is CCc1ccc(C2c3c(oc4ccccc4c3=O)C(=O)N2CCO)cc1. The number of aliphatic hydroxyl groups excluding tert-OH is 1. The lowest BCUT2D eigenvalue weighted by atomic mass is 9.97. The molecule has 0 saturated heterocycles. The van der Waals surface area contributed by atoms with E-state index in [0.717, 1.165) is 12.0 Å². The number of carbonyl (C=O) groups excluding carboxylic acids is 1. The highest BCUT2D eigenvalue weighted by molar-refractivity contribution is 5.99. The Balaban J connectivity index is 1.96. The van der Waals surface area contributed by atoms with Gasteiger partial charge in [0.25, 0.3) is 5.91 Å². The van der Waals surface area contributed by atoms with Crippen molar-refractivity contribution in [3.8, 4) is 0 Å². The maximum Gasteiger partial charge on any atom is 0.290 e. The van der Waals surface area contributed by atoms with E-state index in [0.29, 0.717) is 16.5 Å². The predicted octanol–water partition coefficient (Wildman–Crippen LogP) is 2.89. The highest BCUT2D eigenvalue weighted by Crippen LogP contribution is 2.37. The van der Waals surface area contributed by atoms with E-state index in [9.17, 15) is 14.7 Å². The highest BCUT2D eigenvalue weighted by Gasteiger charge is 2.42. The number of aryl methyl sites for hydroxylation is 1. The molecule has 1 aliphatic heterocycles. The van der Waals surface area contributed by atoms with Gasteiger partial charge in [0.15, 0.2) is 5.43 Å². The largest absolute Gasteiger partial charge is 0.450 e. The lowest BCUT2D eigenvalue weighted by molar-refractivity contribution is 0.0691. The van der Waals surface area contributed by atoms with Crippen molar-refractivity contribution in [3.05, 3.63) is 81.2 Å². The van der Waals surface area contributed by atoms with Crippen molar-refractivity contribution in [2.45, 2.75) is 19.4 Å². The van der Waals surface area contributed by atoms with E-state index in [1.165, 1.54) is 10.5 Å². The molecule has 0 bridgehead atoms. The van der Waals surface area contributed by atoms with Crippen molar-refractivity contribution in [2.75, 3.05) is 13.2 Å². The third kappa shape index (κ3) is 2.44. The Morgan fingerprint density at radius 3 is 2.50 bits per heavy atom. The molecular weight excluding hydrogens is 330 g/mol. The van der Waals surface area contributed by atoms with Crippen molar-refractivity contribution in [3.63, 3.8) is 0 Å². The fourth-order valence-electron chi connectivity index (χ4n) is 3.59. The monoisotopic (exact) mass is 349 g/mol. The number of benzene rings is 2. The molecule has 1 aromatic heterocycles. The molecular formula is C21H19NO4. The Bertz CT molecular complexity index is 1040. The summed E-state index contributed by atoms with van der Waals surface area (Å²) in [5.74, 6) is -0.284. The Labute approximate surface area is 150 Å². The average Bonchev–Trinajstić information content (AvgIpc) is 2.95. The number of hydrogen-bond donors (Lipinski definition) is 1.